The van der Waals surface area contributed by atoms with Gasteiger partial charge in [-0.2, -0.15) is 5.10 Å². The smallest absolute Gasteiger partial charge is 0.255 e. The van der Waals surface area contributed by atoms with E-state index in [9.17, 15) is 4.79 Å². The lowest BCUT2D eigenvalue weighted by atomic mass is 10.1. The zero-order valence-corrected chi connectivity index (χ0v) is 10.1. The first-order valence-electron chi connectivity index (χ1n) is 5.84. The Hall–Kier alpha value is -2.82. The summed E-state index contributed by atoms with van der Waals surface area (Å²) in [6, 6.07) is 14.6. The number of benzene rings is 2. The molecule has 0 atom stereocenters. The summed E-state index contributed by atoms with van der Waals surface area (Å²) in [5, 5.41) is 10.3. The number of aromatic amines is 1. The number of anilines is 2. The molecule has 0 saturated heterocycles. The van der Waals surface area contributed by atoms with Crippen LogP contribution in [-0.4, -0.2) is 16.1 Å². The van der Waals surface area contributed by atoms with Gasteiger partial charge in [0.05, 0.1) is 5.52 Å². The number of fused-ring (bicyclic) bond motifs is 1. The minimum Gasteiger partial charge on any atom is -0.382 e. The highest BCUT2D eigenvalue weighted by Gasteiger charge is 2.09. The van der Waals surface area contributed by atoms with Crippen LogP contribution in [-0.2, 0) is 0 Å². The predicted octanol–water partition coefficient (Wildman–Crippen LogP) is 2.40. The normalized spacial score (nSPS) is 10.5. The van der Waals surface area contributed by atoms with Gasteiger partial charge >= 0.3 is 0 Å². The van der Waals surface area contributed by atoms with Crippen LogP contribution in [0.2, 0.25) is 0 Å². The van der Waals surface area contributed by atoms with Gasteiger partial charge < -0.3 is 11.1 Å². The summed E-state index contributed by atoms with van der Waals surface area (Å²) in [4.78, 5) is 12.1. The van der Waals surface area contributed by atoms with Crippen LogP contribution in [0.25, 0.3) is 10.9 Å². The second-order valence-corrected chi connectivity index (χ2v) is 4.19. The lowest BCUT2D eigenvalue weighted by Crippen LogP contribution is -2.11. The number of nitrogens with two attached hydrogens (primary N) is 1. The van der Waals surface area contributed by atoms with Crippen molar-refractivity contribution in [3.63, 3.8) is 0 Å². The summed E-state index contributed by atoms with van der Waals surface area (Å²) in [6.07, 6.45) is 0. The molecule has 0 aliphatic carbocycles. The SMILES string of the molecule is Nc1n[nH]c2ccc(C(=O)Nc3ccccc3)cc12. The number of hydrogen-bond acceptors (Lipinski definition) is 3. The Morgan fingerprint density at radius 2 is 1.95 bits per heavy atom. The summed E-state index contributed by atoms with van der Waals surface area (Å²) >= 11 is 0. The molecule has 1 amide bonds. The Balaban J connectivity index is 1.91. The molecule has 0 fully saturated rings. The van der Waals surface area contributed by atoms with Crippen LogP contribution < -0.4 is 11.1 Å². The topological polar surface area (TPSA) is 83.8 Å². The van der Waals surface area contributed by atoms with E-state index in [1.807, 2.05) is 30.3 Å². The average Bonchev–Trinajstić information content (AvgIpc) is 2.81. The standard InChI is InChI=1S/C14H12N4O/c15-13-11-8-9(6-7-12(11)17-18-13)14(19)16-10-4-2-1-3-5-10/h1-8H,(H,16,19)(H3,15,17,18). The van der Waals surface area contributed by atoms with E-state index in [0.29, 0.717) is 11.4 Å². The van der Waals surface area contributed by atoms with Gasteiger partial charge in [-0.15, -0.1) is 0 Å². The molecular formula is C14H12N4O. The van der Waals surface area contributed by atoms with Crippen molar-refractivity contribution in [1.29, 1.82) is 0 Å². The van der Waals surface area contributed by atoms with Crippen molar-refractivity contribution in [2.75, 3.05) is 11.1 Å². The van der Waals surface area contributed by atoms with E-state index in [1.54, 1.807) is 18.2 Å². The monoisotopic (exact) mass is 252 g/mol. The fourth-order valence-corrected chi connectivity index (χ4v) is 1.90. The quantitative estimate of drug-likeness (QED) is 0.654. The van der Waals surface area contributed by atoms with E-state index in [-0.39, 0.29) is 5.91 Å². The third-order valence-corrected chi connectivity index (χ3v) is 2.89. The van der Waals surface area contributed by atoms with Crippen LogP contribution in [0.3, 0.4) is 0 Å². The molecule has 0 spiro atoms. The molecule has 0 aliphatic heterocycles. The van der Waals surface area contributed by atoms with Gasteiger partial charge in [-0.3, -0.25) is 9.89 Å². The number of hydrogen-bond donors (Lipinski definition) is 3. The minimum absolute atomic E-state index is 0.172. The van der Waals surface area contributed by atoms with Crippen molar-refractivity contribution in [3.8, 4) is 0 Å². The van der Waals surface area contributed by atoms with Gasteiger partial charge in [-0.05, 0) is 30.3 Å². The summed E-state index contributed by atoms with van der Waals surface area (Å²) < 4.78 is 0. The maximum Gasteiger partial charge on any atom is 0.255 e. The number of amides is 1. The van der Waals surface area contributed by atoms with E-state index < -0.39 is 0 Å². The molecule has 3 rings (SSSR count). The minimum atomic E-state index is -0.172. The summed E-state index contributed by atoms with van der Waals surface area (Å²) in [5.41, 5.74) is 7.84. The van der Waals surface area contributed by atoms with Gasteiger partial charge in [-0.25, -0.2) is 0 Å². The number of carbonyl (C=O) groups excluding carboxylic acids is 1. The molecule has 94 valence electrons. The number of nitrogen functional groups attached to an aromatic ring is 1. The van der Waals surface area contributed by atoms with Crippen molar-refractivity contribution in [3.05, 3.63) is 54.1 Å². The van der Waals surface area contributed by atoms with E-state index in [1.165, 1.54) is 0 Å². The first-order valence-corrected chi connectivity index (χ1v) is 5.84. The molecule has 0 radical (unpaired) electrons. The molecule has 19 heavy (non-hydrogen) atoms. The third kappa shape index (κ3) is 2.13. The number of aromatic nitrogens is 2. The molecule has 0 unspecified atom stereocenters. The molecule has 0 saturated carbocycles. The maximum atomic E-state index is 12.1. The zero-order chi connectivity index (χ0) is 13.2. The summed E-state index contributed by atoms with van der Waals surface area (Å²) in [7, 11) is 0. The van der Waals surface area contributed by atoms with Crippen LogP contribution in [0.15, 0.2) is 48.5 Å². The highest BCUT2D eigenvalue weighted by atomic mass is 16.1. The first kappa shape index (κ1) is 11.3. The van der Waals surface area contributed by atoms with Gasteiger partial charge in [0.25, 0.3) is 5.91 Å². The second kappa shape index (κ2) is 4.45. The number of rotatable bonds is 2. The maximum absolute atomic E-state index is 12.1. The first-order chi connectivity index (χ1) is 9.24. The number of carbonyl (C=O) groups is 1. The fraction of sp³-hybridized carbons (Fsp3) is 0. The number of para-hydroxylation sites is 1. The van der Waals surface area contributed by atoms with Crippen molar-refractivity contribution in [1.82, 2.24) is 10.2 Å². The lowest BCUT2D eigenvalue weighted by Gasteiger charge is -2.05. The molecule has 5 heteroatoms. The van der Waals surface area contributed by atoms with Crippen LogP contribution in [0.4, 0.5) is 11.5 Å². The molecule has 4 N–H and O–H groups in total. The van der Waals surface area contributed by atoms with Crippen molar-refractivity contribution in [2.24, 2.45) is 0 Å². The van der Waals surface area contributed by atoms with E-state index in [0.717, 1.165) is 16.6 Å². The van der Waals surface area contributed by atoms with Crippen LogP contribution in [0.5, 0.6) is 0 Å². The van der Waals surface area contributed by atoms with Crippen molar-refractivity contribution < 1.29 is 4.79 Å². The molecule has 0 bridgehead atoms. The fourth-order valence-electron chi connectivity index (χ4n) is 1.90. The predicted molar refractivity (Wildman–Crippen MR) is 74.9 cm³/mol. The largest absolute Gasteiger partial charge is 0.382 e. The molecule has 3 aromatic rings. The Morgan fingerprint density at radius 1 is 1.16 bits per heavy atom. The number of nitrogens with zero attached hydrogens (tertiary/aromatic N) is 1. The Labute approximate surface area is 109 Å². The molecule has 1 heterocycles. The Morgan fingerprint density at radius 3 is 2.74 bits per heavy atom. The van der Waals surface area contributed by atoms with E-state index >= 15 is 0 Å². The van der Waals surface area contributed by atoms with Crippen molar-refractivity contribution >= 4 is 28.3 Å². The van der Waals surface area contributed by atoms with Crippen LogP contribution in [0, 0.1) is 0 Å². The van der Waals surface area contributed by atoms with Gasteiger partial charge in [0.15, 0.2) is 5.82 Å². The second-order valence-electron chi connectivity index (χ2n) is 4.19. The molecule has 2 aromatic carbocycles. The van der Waals surface area contributed by atoms with Gasteiger partial charge in [-0.1, -0.05) is 18.2 Å². The lowest BCUT2D eigenvalue weighted by molar-refractivity contribution is 0.102. The van der Waals surface area contributed by atoms with Crippen LogP contribution >= 0.6 is 0 Å². The zero-order valence-electron chi connectivity index (χ0n) is 10.1. The molecule has 5 nitrogen and oxygen atoms in total. The summed E-state index contributed by atoms with van der Waals surface area (Å²) in [5.74, 6) is 0.220. The average molecular weight is 252 g/mol. The van der Waals surface area contributed by atoms with Gasteiger partial charge in [0.2, 0.25) is 0 Å². The van der Waals surface area contributed by atoms with Gasteiger partial charge in [0.1, 0.15) is 0 Å². The highest BCUT2D eigenvalue weighted by molar-refractivity contribution is 6.07. The van der Waals surface area contributed by atoms with E-state index in [4.69, 9.17) is 5.73 Å². The molecule has 0 aliphatic rings. The molecular weight excluding hydrogens is 240 g/mol. The summed E-state index contributed by atoms with van der Waals surface area (Å²) in [6.45, 7) is 0. The third-order valence-electron chi connectivity index (χ3n) is 2.89. The molecule has 1 aromatic heterocycles. The van der Waals surface area contributed by atoms with Crippen molar-refractivity contribution in [2.45, 2.75) is 0 Å². The van der Waals surface area contributed by atoms with Gasteiger partial charge in [0, 0.05) is 16.6 Å². The number of H-pyrrole nitrogens is 1. The number of nitrogens with one attached hydrogen (secondary N) is 2. The highest BCUT2D eigenvalue weighted by Crippen LogP contribution is 2.19. The van der Waals surface area contributed by atoms with E-state index in [2.05, 4.69) is 15.5 Å². The Kier molecular flexibility index (Phi) is 2.64. The van der Waals surface area contributed by atoms with Crippen LogP contribution in [0.1, 0.15) is 10.4 Å². The Bertz CT molecular complexity index is 734.